The third-order valence-corrected chi connectivity index (χ3v) is 4.07. The van der Waals surface area contributed by atoms with Crippen LogP contribution in [0.1, 0.15) is 5.56 Å². The van der Waals surface area contributed by atoms with Gasteiger partial charge >= 0.3 is 0 Å². The molecule has 0 spiro atoms. The van der Waals surface area contributed by atoms with Crippen molar-refractivity contribution in [2.45, 2.75) is 0 Å². The van der Waals surface area contributed by atoms with Crippen LogP contribution in [0, 0.1) is 0 Å². The third kappa shape index (κ3) is 3.14. The van der Waals surface area contributed by atoms with Crippen molar-refractivity contribution in [2.75, 3.05) is 0 Å². The van der Waals surface area contributed by atoms with Crippen LogP contribution in [0.3, 0.4) is 0 Å². The van der Waals surface area contributed by atoms with E-state index in [1.54, 1.807) is 0 Å². The van der Waals surface area contributed by atoms with Crippen molar-refractivity contribution in [3.8, 4) is 22.3 Å². The SMILES string of the molecule is C=Cc1ccc(-c2ccc(-c3ccc(Br)cc3)cc2)cc1. The Balaban J connectivity index is 1.89. The van der Waals surface area contributed by atoms with Crippen molar-refractivity contribution in [1.29, 1.82) is 0 Å². The van der Waals surface area contributed by atoms with Crippen molar-refractivity contribution in [2.24, 2.45) is 0 Å². The Hall–Kier alpha value is -2.12. The Morgan fingerprint density at radius 2 is 0.905 bits per heavy atom. The largest absolute Gasteiger partial charge is 0.0985 e. The van der Waals surface area contributed by atoms with Crippen molar-refractivity contribution in [1.82, 2.24) is 0 Å². The minimum atomic E-state index is 1.10. The standard InChI is InChI=1S/C20H15Br/c1-2-15-3-5-16(6-4-15)17-7-9-18(10-8-17)19-11-13-20(21)14-12-19/h2-14H,1H2. The molecule has 21 heavy (non-hydrogen) atoms. The number of rotatable bonds is 3. The average molecular weight is 335 g/mol. The molecular formula is C20H15Br. The minimum Gasteiger partial charge on any atom is -0.0985 e. The smallest absolute Gasteiger partial charge is 0.0175 e. The maximum absolute atomic E-state index is 3.78. The van der Waals surface area contributed by atoms with E-state index >= 15 is 0 Å². The Morgan fingerprint density at radius 3 is 1.29 bits per heavy atom. The molecule has 3 rings (SSSR count). The highest BCUT2D eigenvalue weighted by Crippen LogP contribution is 2.26. The van der Waals surface area contributed by atoms with Gasteiger partial charge in [-0.25, -0.2) is 0 Å². The summed E-state index contributed by atoms with van der Waals surface area (Å²) in [6.07, 6.45) is 1.86. The molecule has 0 amide bonds. The fourth-order valence-corrected chi connectivity index (χ4v) is 2.57. The Morgan fingerprint density at radius 1 is 0.571 bits per heavy atom. The van der Waals surface area contributed by atoms with Gasteiger partial charge in [0.25, 0.3) is 0 Å². The lowest BCUT2D eigenvalue weighted by atomic mass is 10.00. The van der Waals surface area contributed by atoms with Gasteiger partial charge in [-0.3, -0.25) is 0 Å². The molecule has 0 aliphatic carbocycles. The zero-order valence-electron chi connectivity index (χ0n) is 11.6. The summed E-state index contributed by atoms with van der Waals surface area (Å²) in [5.41, 5.74) is 6.06. The van der Waals surface area contributed by atoms with Crippen LogP contribution in [0.15, 0.2) is 83.8 Å². The summed E-state index contributed by atoms with van der Waals surface area (Å²) < 4.78 is 1.10. The van der Waals surface area contributed by atoms with Crippen LogP contribution >= 0.6 is 15.9 Å². The average Bonchev–Trinajstić information content (AvgIpc) is 2.56. The molecule has 0 N–H and O–H groups in total. The van der Waals surface area contributed by atoms with Crippen LogP contribution in [0.5, 0.6) is 0 Å². The predicted octanol–water partition coefficient (Wildman–Crippen LogP) is 6.43. The molecule has 1 heteroatoms. The second-order valence-corrected chi connectivity index (χ2v) is 5.83. The van der Waals surface area contributed by atoms with E-state index in [0.29, 0.717) is 0 Å². The first-order valence-corrected chi connectivity index (χ1v) is 7.64. The first-order valence-electron chi connectivity index (χ1n) is 6.85. The number of hydrogen-bond acceptors (Lipinski definition) is 0. The highest BCUT2D eigenvalue weighted by molar-refractivity contribution is 9.10. The van der Waals surface area contributed by atoms with Gasteiger partial charge in [-0.05, 0) is 39.9 Å². The molecule has 102 valence electrons. The van der Waals surface area contributed by atoms with Gasteiger partial charge in [0.05, 0.1) is 0 Å². The lowest BCUT2D eigenvalue weighted by Gasteiger charge is -2.06. The first-order chi connectivity index (χ1) is 10.3. The van der Waals surface area contributed by atoms with Gasteiger partial charge in [-0.15, -0.1) is 0 Å². The zero-order valence-corrected chi connectivity index (χ0v) is 13.2. The molecule has 0 unspecified atom stereocenters. The molecule has 0 saturated heterocycles. The van der Waals surface area contributed by atoms with E-state index in [4.69, 9.17) is 0 Å². The van der Waals surface area contributed by atoms with Gasteiger partial charge < -0.3 is 0 Å². The van der Waals surface area contributed by atoms with Crippen LogP contribution < -0.4 is 0 Å². The summed E-state index contributed by atoms with van der Waals surface area (Å²) in [6.45, 7) is 3.78. The van der Waals surface area contributed by atoms with Crippen molar-refractivity contribution in [3.63, 3.8) is 0 Å². The van der Waals surface area contributed by atoms with E-state index in [-0.39, 0.29) is 0 Å². The number of benzene rings is 3. The topological polar surface area (TPSA) is 0 Å². The normalized spacial score (nSPS) is 10.3. The van der Waals surface area contributed by atoms with E-state index in [0.717, 1.165) is 10.0 Å². The zero-order chi connectivity index (χ0) is 14.7. The highest BCUT2D eigenvalue weighted by atomic mass is 79.9. The first kappa shape index (κ1) is 13.8. The Kier molecular flexibility index (Phi) is 4.03. The lowest BCUT2D eigenvalue weighted by Crippen LogP contribution is -1.81. The van der Waals surface area contributed by atoms with Crippen LogP contribution in [0.4, 0.5) is 0 Å². The van der Waals surface area contributed by atoms with Crippen LogP contribution in [-0.2, 0) is 0 Å². The van der Waals surface area contributed by atoms with Crippen molar-refractivity contribution >= 4 is 22.0 Å². The Labute approximate surface area is 133 Å². The second-order valence-electron chi connectivity index (χ2n) is 4.91. The van der Waals surface area contributed by atoms with E-state index in [1.165, 1.54) is 22.3 Å². The summed E-state index contributed by atoms with van der Waals surface area (Å²) in [4.78, 5) is 0. The molecule has 0 aliphatic rings. The third-order valence-electron chi connectivity index (χ3n) is 3.54. The van der Waals surface area contributed by atoms with Gasteiger partial charge in [-0.1, -0.05) is 89.2 Å². The Bertz CT molecular complexity index is 735. The summed E-state index contributed by atoms with van der Waals surface area (Å²) in [6, 6.07) is 25.5. The summed E-state index contributed by atoms with van der Waals surface area (Å²) in [5, 5.41) is 0. The number of halogens is 1. The summed E-state index contributed by atoms with van der Waals surface area (Å²) in [7, 11) is 0. The van der Waals surface area contributed by atoms with Crippen LogP contribution in [-0.4, -0.2) is 0 Å². The maximum Gasteiger partial charge on any atom is 0.0175 e. The minimum absolute atomic E-state index is 1.10. The van der Waals surface area contributed by atoms with E-state index in [1.807, 2.05) is 6.08 Å². The second kappa shape index (κ2) is 6.11. The lowest BCUT2D eigenvalue weighted by molar-refractivity contribution is 1.57. The van der Waals surface area contributed by atoms with Crippen molar-refractivity contribution in [3.05, 3.63) is 89.4 Å². The molecule has 0 fully saturated rings. The van der Waals surface area contributed by atoms with Crippen molar-refractivity contribution < 1.29 is 0 Å². The molecule has 0 aromatic heterocycles. The van der Waals surface area contributed by atoms with Gasteiger partial charge in [-0.2, -0.15) is 0 Å². The van der Waals surface area contributed by atoms with E-state index < -0.39 is 0 Å². The predicted molar refractivity (Wildman–Crippen MR) is 95.1 cm³/mol. The van der Waals surface area contributed by atoms with Crippen LogP contribution in [0.25, 0.3) is 28.3 Å². The van der Waals surface area contributed by atoms with Gasteiger partial charge in [0.15, 0.2) is 0 Å². The van der Waals surface area contributed by atoms with Crippen LogP contribution in [0.2, 0.25) is 0 Å². The van der Waals surface area contributed by atoms with E-state index in [2.05, 4.69) is 95.3 Å². The van der Waals surface area contributed by atoms with E-state index in [9.17, 15) is 0 Å². The molecule has 0 nitrogen and oxygen atoms in total. The molecular weight excluding hydrogens is 320 g/mol. The molecule has 3 aromatic carbocycles. The molecule has 0 bridgehead atoms. The maximum atomic E-state index is 3.78. The monoisotopic (exact) mass is 334 g/mol. The van der Waals surface area contributed by atoms with Gasteiger partial charge in [0, 0.05) is 4.47 Å². The summed E-state index contributed by atoms with van der Waals surface area (Å²) >= 11 is 3.46. The summed E-state index contributed by atoms with van der Waals surface area (Å²) in [5.74, 6) is 0. The molecule has 0 heterocycles. The fraction of sp³-hybridized carbons (Fsp3) is 0. The quantitative estimate of drug-likeness (QED) is 0.518. The molecule has 0 saturated carbocycles. The fourth-order valence-electron chi connectivity index (χ4n) is 2.31. The molecule has 3 aromatic rings. The molecule has 0 aliphatic heterocycles. The molecule has 0 atom stereocenters. The van der Waals surface area contributed by atoms with Gasteiger partial charge in [0.1, 0.15) is 0 Å². The molecule has 0 radical (unpaired) electrons. The van der Waals surface area contributed by atoms with Gasteiger partial charge in [0.2, 0.25) is 0 Å². The highest BCUT2D eigenvalue weighted by Gasteiger charge is 2.00. The number of hydrogen-bond donors (Lipinski definition) is 0.